The lowest BCUT2D eigenvalue weighted by Gasteiger charge is -2.45. The molecule has 0 atom stereocenters. The van der Waals surface area contributed by atoms with Crippen LogP contribution >= 0.6 is 11.3 Å². The molecule has 3 heteroatoms. The molecule has 0 radical (unpaired) electrons. The summed E-state index contributed by atoms with van der Waals surface area (Å²) in [6, 6.07) is 3.81. The van der Waals surface area contributed by atoms with Gasteiger partial charge in [0.15, 0.2) is 0 Å². The van der Waals surface area contributed by atoms with Gasteiger partial charge in [-0.05, 0) is 16.9 Å². The van der Waals surface area contributed by atoms with Crippen LogP contribution in [0.25, 0.3) is 0 Å². The molecule has 0 saturated carbocycles. The van der Waals surface area contributed by atoms with Gasteiger partial charge >= 0.3 is 0 Å². The van der Waals surface area contributed by atoms with Gasteiger partial charge in [-0.2, -0.15) is 0 Å². The maximum absolute atomic E-state index is 11.7. The predicted molar refractivity (Wildman–Crippen MR) is 54.0 cm³/mol. The zero-order valence-electron chi connectivity index (χ0n) is 7.91. The number of rotatable bonds is 1. The van der Waals surface area contributed by atoms with E-state index in [-0.39, 0.29) is 5.91 Å². The highest BCUT2D eigenvalue weighted by atomic mass is 32.1. The molecule has 0 aliphatic carbocycles. The summed E-state index contributed by atoms with van der Waals surface area (Å²) in [7, 11) is 0. The van der Waals surface area contributed by atoms with Crippen LogP contribution in [0.3, 0.4) is 0 Å². The van der Waals surface area contributed by atoms with E-state index in [0.717, 1.165) is 18.0 Å². The minimum absolute atomic E-state index is 0.189. The van der Waals surface area contributed by atoms with Crippen molar-refractivity contribution >= 4 is 17.2 Å². The van der Waals surface area contributed by atoms with E-state index < -0.39 is 0 Å². The van der Waals surface area contributed by atoms with Gasteiger partial charge < -0.3 is 4.90 Å². The summed E-state index contributed by atoms with van der Waals surface area (Å²) < 4.78 is 0. The monoisotopic (exact) mass is 195 g/mol. The fourth-order valence-electron chi connectivity index (χ4n) is 1.69. The highest BCUT2D eigenvalue weighted by Gasteiger charge is 2.37. The van der Waals surface area contributed by atoms with Gasteiger partial charge in [-0.15, -0.1) is 11.3 Å². The zero-order chi connectivity index (χ0) is 9.47. The summed E-state index contributed by atoms with van der Waals surface area (Å²) >= 11 is 1.52. The van der Waals surface area contributed by atoms with Crippen LogP contribution in [0.2, 0.25) is 0 Å². The minimum Gasteiger partial charge on any atom is -0.337 e. The number of amides is 1. The standard InChI is InChI=1S/C10H13NOS/c1-10(2)6-11(7-10)9(12)8-4-3-5-13-8/h3-5H,6-7H2,1-2H3. The highest BCUT2D eigenvalue weighted by Crippen LogP contribution is 2.30. The number of hydrogen-bond acceptors (Lipinski definition) is 2. The molecular formula is C10H13NOS. The maximum Gasteiger partial charge on any atom is 0.263 e. The molecule has 13 heavy (non-hydrogen) atoms. The van der Waals surface area contributed by atoms with E-state index >= 15 is 0 Å². The van der Waals surface area contributed by atoms with Crippen molar-refractivity contribution in [1.82, 2.24) is 4.90 Å². The fraction of sp³-hybridized carbons (Fsp3) is 0.500. The van der Waals surface area contributed by atoms with Crippen molar-refractivity contribution in [3.8, 4) is 0 Å². The minimum atomic E-state index is 0.189. The number of carbonyl (C=O) groups is 1. The average molecular weight is 195 g/mol. The first-order valence-corrected chi connectivity index (χ1v) is 5.29. The Balaban J connectivity index is 2.02. The van der Waals surface area contributed by atoms with Gasteiger partial charge in [-0.1, -0.05) is 19.9 Å². The summed E-state index contributed by atoms with van der Waals surface area (Å²) in [6.45, 7) is 6.16. The van der Waals surface area contributed by atoms with Crippen molar-refractivity contribution in [2.24, 2.45) is 5.41 Å². The maximum atomic E-state index is 11.7. The van der Waals surface area contributed by atoms with Gasteiger partial charge in [0.05, 0.1) is 4.88 Å². The second-order valence-corrected chi connectivity index (χ2v) is 5.25. The van der Waals surface area contributed by atoms with Crippen LogP contribution in [-0.4, -0.2) is 23.9 Å². The third kappa shape index (κ3) is 1.61. The molecule has 2 heterocycles. The zero-order valence-corrected chi connectivity index (χ0v) is 8.73. The molecular weight excluding hydrogens is 182 g/mol. The molecule has 1 aliphatic heterocycles. The largest absolute Gasteiger partial charge is 0.337 e. The molecule has 1 aromatic heterocycles. The quantitative estimate of drug-likeness (QED) is 0.673. The third-order valence-electron chi connectivity index (χ3n) is 2.26. The smallest absolute Gasteiger partial charge is 0.263 e. The molecule has 0 bridgehead atoms. The van der Waals surface area contributed by atoms with Crippen molar-refractivity contribution in [2.45, 2.75) is 13.8 Å². The van der Waals surface area contributed by atoms with Crippen LogP contribution < -0.4 is 0 Å². The highest BCUT2D eigenvalue weighted by molar-refractivity contribution is 7.12. The first kappa shape index (κ1) is 8.75. The van der Waals surface area contributed by atoms with Crippen LogP contribution in [0, 0.1) is 5.41 Å². The van der Waals surface area contributed by atoms with Crippen LogP contribution in [-0.2, 0) is 0 Å². The van der Waals surface area contributed by atoms with Crippen molar-refractivity contribution in [1.29, 1.82) is 0 Å². The van der Waals surface area contributed by atoms with Gasteiger partial charge in [0, 0.05) is 13.1 Å². The normalized spacial score (nSPS) is 19.7. The molecule has 1 aliphatic rings. The number of hydrogen-bond donors (Lipinski definition) is 0. The van der Waals surface area contributed by atoms with E-state index in [2.05, 4.69) is 13.8 Å². The second-order valence-electron chi connectivity index (χ2n) is 4.30. The Kier molecular flexibility index (Phi) is 1.91. The van der Waals surface area contributed by atoms with Crippen LogP contribution in [0.4, 0.5) is 0 Å². The molecule has 0 N–H and O–H groups in total. The summed E-state index contributed by atoms with van der Waals surface area (Å²) in [5, 5.41) is 1.94. The molecule has 0 spiro atoms. The summed E-state index contributed by atoms with van der Waals surface area (Å²) in [5.41, 5.74) is 0.326. The summed E-state index contributed by atoms with van der Waals surface area (Å²) in [6.07, 6.45) is 0. The van der Waals surface area contributed by atoms with E-state index in [1.54, 1.807) is 0 Å². The van der Waals surface area contributed by atoms with E-state index in [4.69, 9.17) is 0 Å². The van der Waals surface area contributed by atoms with Crippen molar-refractivity contribution < 1.29 is 4.79 Å². The number of nitrogens with zero attached hydrogens (tertiary/aromatic N) is 1. The predicted octanol–water partition coefficient (Wildman–Crippen LogP) is 2.23. The molecule has 0 unspecified atom stereocenters. The van der Waals surface area contributed by atoms with E-state index in [0.29, 0.717) is 5.41 Å². The lowest BCUT2D eigenvalue weighted by atomic mass is 9.84. The Morgan fingerprint density at radius 3 is 2.69 bits per heavy atom. The number of thiophene rings is 1. The third-order valence-corrected chi connectivity index (χ3v) is 3.11. The molecule has 1 fully saturated rings. The molecule has 70 valence electrons. The molecule has 1 saturated heterocycles. The Morgan fingerprint density at radius 1 is 1.54 bits per heavy atom. The lowest BCUT2D eigenvalue weighted by Crippen LogP contribution is -2.55. The van der Waals surface area contributed by atoms with Crippen molar-refractivity contribution in [3.05, 3.63) is 22.4 Å². The summed E-state index contributed by atoms with van der Waals surface area (Å²) in [4.78, 5) is 14.5. The molecule has 1 aromatic rings. The SMILES string of the molecule is CC1(C)CN(C(=O)c2cccs2)C1. The fourth-order valence-corrected chi connectivity index (χ4v) is 2.38. The number of carbonyl (C=O) groups excluding carboxylic acids is 1. The Hall–Kier alpha value is -0.830. The lowest BCUT2D eigenvalue weighted by molar-refractivity contribution is 0.0240. The van der Waals surface area contributed by atoms with E-state index in [1.807, 2.05) is 22.4 Å². The molecule has 0 aromatic carbocycles. The second kappa shape index (κ2) is 2.84. The average Bonchev–Trinajstić information content (AvgIpc) is 2.50. The van der Waals surface area contributed by atoms with Crippen molar-refractivity contribution in [2.75, 3.05) is 13.1 Å². The first-order valence-electron chi connectivity index (χ1n) is 4.41. The van der Waals surface area contributed by atoms with Gasteiger partial charge in [0.1, 0.15) is 0 Å². The van der Waals surface area contributed by atoms with E-state index in [1.165, 1.54) is 11.3 Å². The van der Waals surface area contributed by atoms with Crippen LogP contribution in [0.5, 0.6) is 0 Å². The van der Waals surface area contributed by atoms with Crippen molar-refractivity contribution in [3.63, 3.8) is 0 Å². The topological polar surface area (TPSA) is 20.3 Å². The first-order chi connectivity index (χ1) is 6.08. The van der Waals surface area contributed by atoms with Gasteiger partial charge in [0.25, 0.3) is 5.91 Å². The van der Waals surface area contributed by atoms with Gasteiger partial charge in [0.2, 0.25) is 0 Å². The Morgan fingerprint density at radius 2 is 2.23 bits per heavy atom. The molecule has 1 amide bonds. The molecule has 2 rings (SSSR count). The van der Waals surface area contributed by atoms with E-state index in [9.17, 15) is 4.79 Å². The van der Waals surface area contributed by atoms with Crippen LogP contribution in [0.15, 0.2) is 17.5 Å². The van der Waals surface area contributed by atoms with Crippen LogP contribution in [0.1, 0.15) is 23.5 Å². The molecule has 2 nitrogen and oxygen atoms in total. The Labute approximate surface area is 82.2 Å². The van der Waals surface area contributed by atoms with Gasteiger partial charge in [-0.25, -0.2) is 0 Å². The number of likely N-dealkylation sites (tertiary alicyclic amines) is 1. The van der Waals surface area contributed by atoms with Gasteiger partial charge in [-0.3, -0.25) is 4.79 Å². The summed E-state index contributed by atoms with van der Waals surface area (Å²) in [5.74, 6) is 0.189. The Bertz CT molecular complexity index is 308.